The molecule has 1 aromatic carbocycles. The number of nitrogens with one attached hydrogen (secondary N) is 2. The van der Waals surface area contributed by atoms with E-state index in [4.69, 9.17) is 16.3 Å². The monoisotopic (exact) mass is 337 g/mol. The maximum atomic E-state index is 5.89. The summed E-state index contributed by atoms with van der Waals surface area (Å²) in [5.74, 6) is 1.71. The number of hydrogen-bond acceptors (Lipinski definition) is 2. The second-order valence-corrected chi connectivity index (χ2v) is 6.46. The summed E-state index contributed by atoms with van der Waals surface area (Å²) in [5.41, 5.74) is 1.31. The van der Waals surface area contributed by atoms with E-state index in [1.54, 1.807) is 7.05 Å². The minimum Gasteiger partial charge on any atom is -0.381 e. The van der Waals surface area contributed by atoms with Gasteiger partial charge in [0.05, 0.1) is 0 Å². The Morgan fingerprint density at radius 3 is 2.52 bits per heavy atom. The molecule has 2 rings (SSSR count). The van der Waals surface area contributed by atoms with Crippen LogP contribution in [0.25, 0.3) is 0 Å². The van der Waals surface area contributed by atoms with Crippen LogP contribution in [0.5, 0.6) is 0 Å². The van der Waals surface area contributed by atoms with Crippen molar-refractivity contribution in [1.29, 1.82) is 0 Å². The molecular weight excluding hydrogens is 310 g/mol. The van der Waals surface area contributed by atoms with Crippen molar-refractivity contribution in [2.24, 2.45) is 10.9 Å². The Bertz CT molecular complexity index is 472. The molecule has 0 amide bonds. The first-order valence-corrected chi connectivity index (χ1v) is 8.92. The number of benzene rings is 1. The van der Waals surface area contributed by atoms with Crippen molar-refractivity contribution in [2.75, 3.05) is 33.4 Å². The van der Waals surface area contributed by atoms with Crippen LogP contribution in [0.4, 0.5) is 0 Å². The summed E-state index contributed by atoms with van der Waals surface area (Å²) in [6.45, 7) is 3.57. The van der Waals surface area contributed by atoms with Crippen molar-refractivity contribution in [3.05, 3.63) is 34.9 Å². The molecule has 0 atom stereocenters. The molecule has 1 aromatic rings. The van der Waals surface area contributed by atoms with Crippen molar-refractivity contribution in [1.82, 2.24) is 10.6 Å². The molecule has 0 aliphatic heterocycles. The lowest BCUT2D eigenvalue weighted by molar-refractivity contribution is 0.123. The van der Waals surface area contributed by atoms with Gasteiger partial charge in [-0.2, -0.15) is 0 Å². The number of ether oxygens (including phenoxy) is 1. The fourth-order valence-electron chi connectivity index (χ4n) is 2.29. The Kier molecular flexibility index (Phi) is 8.26. The quantitative estimate of drug-likeness (QED) is 0.391. The van der Waals surface area contributed by atoms with Crippen LogP contribution in [0.2, 0.25) is 5.02 Å². The zero-order valence-electron chi connectivity index (χ0n) is 14.0. The van der Waals surface area contributed by atoms with E-state index >= 15 is 0 Å². The Balaban J connectivity index is 1.47. The third kappa shape index (κ3) is 8.24. The highest BCUT2D eigenvalue weighted by Crippen LogP contribution is 2.28. The molecular formula is C18H28ClN3O. The second kappa shape index (κ2) is 10.5. The molecule has 23 heavy (non-hydrogen) atoms. The Labute approximate surface area is 144 Å². The van der Waals surface area contributed by atoms with Crippen molar-refractivity contribution >= 4 is 17.6 Å². The van der Waals surface area contributed by atoms with Crippen molar-refractivity contribution < 1.29 is 4.74 Å². The molecule has 128 valence electrons. The summed E-state index contributed by atoms with van der Waals surface area (Å²) in [7, 11) is 1.80. The average molecular weight is 338 g/mol. The van der Waals surface area contributed by atoms with Crippen LogP contribution in [0, 0.1) is 5.92 Å². The Hall–Kier alpha value is -1.26. The number of guanidine groups is 1. The third-order valence-corrected chi connectivity index (χ3v) is 4.13. The second-order valence-electron chi connectivity index (χ2n) is 6.03. The summed E-state index contributed by atoms with van der Waals surface area (Å²) in [4.78, 5) is 4.24. The van der Waals surface area contributed by atoms with Crippen LogP contribution >= 0.6 is 11.6 Å². The van der Waals surface area contributed by atoms with E-state index < -0.39 is 0 Å². The van der Waals surface area contributed by atoms with Gasteiger partial charge in [-0.05, 0) is 55.7 Å². The average Bonchev–Trinajstić information content (AvgIpc) is 3.38. The first kappa shape index (κ1) is 18.1. The van der Waals surface area contributed by atoms with Crippen LogP contribution < -0.4 is 10.6 Å². The predicted octanol–water partition coefficient (Wildman–Crippen LogP) is 3.25. The van der Waals surface area contributed by atoms with Crippen LogP contribution in [-0.4, -0.2) is 39.3 Å². The standard InChI is InChI=1S/C18H28ClN3O/c1-20-18(22-12-3-13-23-14-16-5-6-16)21-11-2-4-15-7-9-17(19)10-8-15/h7-10,16H,2-6,11-14H2,1H3,(H2,20,21,22). The van der Waals surface area contributed by atoms with Crippen LogP contribution in [0.1, 0.15) is 31.2 Å². The number of aliphatic imine (C=N–C) groups is 1. The smallest absolute Gasteiger partial charge is 0.190 e. The normalized spacial score (nSPS) is 14.8. The molecule has 0 saturated heterocycles. The fraction of sp³-hybridized carbons (Fsp3) is 0.611. The Morgan fingerprint density at radius 1 is 1.17 bits per heavy atom. The molecule has 1 saturated carbocycles. The molecule has 0 unspecified atom stereocenters. The Morgan fingerprint density at radius 2 is 1.87 bits per heavy atom. The summed E-state index contributed by atoms with van der Waals surface area (Å²) >= 11 is 5.89. The molecule has 0 heterocycles. The lowest BCUT2D eigenvalue weighted by Gasteiger charge is -2.12. The summed E-state index contributed by atoms with van der Waals surface area (Å²) in [6, 6.07) is 8.04. The fourth-order valence-corrected chi connectivity index (χ4v) is 2.41. The molecule has 0 aromatic heterocycles. The van der Waals surface area contributed by atoms with E-state index in [-0.39, 0.29) is 0 Å². The van der Waals surface area contributed by atoms with E-state index in [2.05, 4.69) is 27.8 Å². The highest BCUT2D eigenvalue weighted by atomic mass is 35.5. The number of aryl methyl sites for hydroxylation is 1. The first-order valence-electron chi connectivity index (χ1n) is 8.54. The molecule has 1 aliphatic carbocycles. The number of halogens is 1. The van der Waals surface area contributed by atoms with Gasteiger partial charge in [0.1, 0.15) is 0 Å². The maximum absolute atomic E-state index is 5.89. The van der Waals surface area contributed by atoms with Gasteiger partial charge in [0.25, 0.3) is 0 Å². The number of hydrogen-bond donors (Lipinski definition) is 2. The zero-order valence-corrected chi connectivity index (χ0v) is 14.7. The lowest BCUT2D eigenvalue weighted by Crippen LogP contribution is -2.38. The molecule has 0 bridgehead atoms. The lowest BCUT2D eigenvalue weighted by atomic mass is 10.1. The first-order chi connectivity index (χ1) is 11.3. The van der Waals surface area contributed by atoms with Gasteiger partial charge in [-0.3, -0.25) is 4.99 Å². The van der Waals surface area contributed by atoms with E-state index in [0.29, 0.717) is 0 Å². The van der Waals surface area contributed by atoms with Gasteiger partial charge in [-0.1, -0.05) is 23.7 Å². The molecule has 1 aliphatic rings. The molecule has 5 heteroatoms. The highest BCUT2D eigenvalue weighted by molar-refractivity contribution is 6.30. The van der Waals surface area contributed by atoms with E-state index in [1.165, 1.54) is 18.4 Å². The van der Waals surface area contributed by atoms with Crippen molar-refractivity contribution in [2.45, 2.75) is 32.1 Å². The van der Waals surface area contributed by atoms with E-state index in [9.17, 15) is 0 Å². The van der Waals surface area contributed by atoms with Gasteiger partial charge in [0.2, 0.25) is 0 Å². The van der Waals surface area contributed by atoms with Crippen LogP contribution in [0.3, 0.4) is 0 Å². The van der Waals surface area contributed by atoms with E-state index in [0.717, 1.165) is 62.5 Å². The molecule has 1 fully saturated rings. The SMILES string of the molecule is CN=C(NCCCOCC1CC1)NCCCc1ccc(Cl)cc1. The minimum absolute atomic E-state index is 0.789. The molecule has 4 nitrogen and oxygen atoms in total. The van der Waals surface area contributed by atoms with Gasteiger partial charge in [0, 0.05) is 38.4 Å². The molecule has 0 spiro atoms. The summed E-state index contributed by atoms with van der Waals surface area (Å²) in [6.07, 6.45) is 5.82. The predicted molar refractivity (Wildman–Crippen MR) is 97.3 cm³/mol. The third-order valence-electron chi connectivity index (χ3n) is 3.88. The summed E-state index contributed by atoms with van der Waals surface area (Å²) < 4.78 is 5.62. The topological polar surface area (TPSA) is 45.7 Å². The highest BCUT2D eigenvalue weighted by Gasteiger charge is 2.20. The van der Waals surface area contributed by atoms with Crippen LogP contribution in [0.15, 0.2) is 29.3 Å². The molecule has 2 N–H and O–H groups in total. The van der Waals surface area contributed by atoms with Crippen LogP contribution in [-0.2, 0) is 11.2 Å². The van der Waals surface area contributed by atoms with Gasteiger partial charge >= 0.3 is 0 Å². The van der Waals surface area contributed by atoms with Gasteiger partial charge in [-0.25, -0.2) is 0 Å². The van der Waals surface area contributed by atoms with E-state index in [1.807, 2.05) is 12.1 Å². The van der Waals surface area contributed by atoms with Gasteiger partial charge < -0.3 is 15.4 Å². The number of nitrogens with zero attached hydrogens (tertiary/aromatic N) is 1. The summed E-state index contributed by atoms with van der Waals surface area (Å²) in [5, 5.41) is 7.45. The molecule has 0 radical (unpaired) electrons. The maximum Gasteiger partial charge on any atom is 0.190 e. The van der Waals surface area contributed by atoms with Crippen molar-refractivity contribution in [3.63, 3.8) is 0 Å². The largest absolute Gasteiger partial charge is 0.381 e. The minimum atomic E-state index is 0.789. The van der Waals surface area contributed by atoms with Gasteiger partial charge in [0.15, 0.2) is 5.96 Å². The van der Waals surface area contributed by atoms with Crippen molar-refractivity contribution in [3.8, 4) is 0 Å². The zero-order chi connectivity index (χ0) is 16.3. The van der Waals surface area contributed by atoms with Gasteiger partial charge in [-0.15, -0.1) is 0 Å². The number of rotatable bonds is 10.